The van der Waals surface area contributed by atoms with Gasteiger partial charge in [-0.2, -0.15) is 0 Å². The molecule has 0 spiro atoms. The van der Waals surface area contributed by atoms with Crippen LogP contribution in [0.15, 0.2) is 42.5 Å². The summed E-state index contributed by atoms with van der Waals surface area (Å²) in [6.07, 6.45) is 0. The molecule has 0 saturated heterocycles. The van der Waals surface area contributed by atoms with Gasteiger partial charge in [-0.1, -0.05) is 35.9 Å². The highest BCUT2D eigenvalue weighted by Gasteiger charge is 2.09. The Morgan fingerprint density at radius 1 is 1.20 bits per heavy atom. The van der Waals surface area contributed by atoms with Crippen molar-refractivity contribution in [1.82, 2.24) is 5.32 Å². The average Bonchev–Trinajstić information content (AvgIpc) is 2.45. The number of methoxy groups -OCH3 is 1. The molecule has 1 unspecified atom stereocenters. The number of ether oxygens (including phenoxy) is 1. The lowest BCUT2D eigenvalue weighted by molar-refractivity contribution is 0.385. The smallest absolute Gasteiger partial charge is 0.165 e. The molecule has 0 heterocycles. The molecule has 106 valence electrons. The van der Waals surface area contributed by atoms with E-state index in [1.165, 1.54) is 24.3 Å². The van der Waals surface area contributed by atoms with Crippen molar-refractivity contribution in [2.75, 3.05) is 7.11 Å². The van der Waals surface area contributed by atoms with Gasteiger partial charge in [-0.3, -0.25) is 0 Å². The molecule has 20 heavy (non-hydrogen) atoms. The summed E-state index contributed by atoms with van der Waals surface area (Å²) < 4.78 is 18.4. The standard InChI is InChI=1S/C17H20FNO/c1-12-5-4-6-14(9-12)11-19-13(2)15-7-8-16(18)17(10-15)20-3/h4-10,13,19H,11H2,1-3H3. The van der Waals surface area contributed by atoms with Crippen LogP contribution in [-0.2, 0) is 6.54 Å². The van der Waals surface area contributed by atoms with E-state index in [0.29, 0.717) is 0 Å². The molecule has 0 fully saturated rings. The monoisotopic (exact) mass is 273 g/mol. The molecular weight excluding hydrogens is 253 g/mol. The number of halogens is 1. The first kappa shape index (κ1) is 14.5. The van der Waals surface area contributed by atoms with Gasteiger partial charge < -0.3 is 10.1 Å². The summed E-state index contributed by atoms with van der Waals surface area (Å²) in [6.45, 7) is 4.92. The van der Waals surface area contributed by atoms with Crippen LogP contribution in [0.5, 0.6) is 5.75 Å². The fourth-order valence-corrected chi connectivity index (χ4v) is 2.16. The molecular formula is C17H20FNO. The normalized spacial score (nSPS) is 12.2. The molecule has 2 aromatic rings. The maximum atomic E-state index is 13.4. The second-order valence-corrected chi connectivity index (χ2v) is 4.99. The SMILES string of the molecule is COc1cc(C(C)NCc2cccc(C)c2)ccc1F. The maximum absolute atomic E-state index is 13.4. The first-order valence-corrected chi connectivity index (χ1v) is 6.72. The molecule has 0 aliphatic carbocycles. The minimum absolute atomic E-state index is 0.130. The van der Waals surface area contributed by atoms with Gasteiger partial charge in [-0.25, -0.2) is 4.39 Å². The van der Waals surface area contributed by atoms with Gasteiger partial charge in [-0.05, 0) is 37.1 Å². The summed E-state index contributed by atoms with van der Waals surface area (Å²) in [5.41, 5.74) is 3.50. The van der Waals surface area contributed by atoms with Gasteiger partial charge in [-0.15, -0.1) is 0 Å². The lowest BCUT2D eigenvalue weighted by Crippen LogP contribution is -2.18. The van der Waals surface area contributed by atoms with Crippen LogP contribution in [0.3, 0.4) is 0 Å². The molecule has 0 aliphatic rings. The highest BCUT2D eigenvalue weighted by Crippen LogP contribution is 2.22. The van der Waals surface area contributed by atoms with Gasteiger partial charge >= 0.3 is 0 Å². The Morgan fingerprint density at radius 2 is 2.00 bits per heavy atom. The Morgan fingerprint density at radius 3 is 2.70 bits per heavy atom. The van der Waals surface area contributed by atoms with E-state index in [1.807, 2.05) is 0 Å². The number of hydrogen-bond donors (Lipinski definition) is 1. The number of hydrogen-bond acceptors (Lipinski definition) is 2. The summed E-state index contributed by atoms with van der Waals surface area (Å²) in [5, 5.41) is 3.44. The van der Waals surface area contributed by atoms with Crippen molar-refractivity contribution >= 4 is 0 Å². The minimum atomic E-state index is -0.331. The van der Waals surface area contributed by atoms with Crippen molar-refractivity contribution in [3.8, 4) is 5.75 Å². The number of rotatable bonds is 5. The number of aryl methyl sites for hydroxylation is 1. The van der Waals surface area contributed by atoms with Gasteiger partial charge in [0.15, 0.2) is 11.6 Å². The zero-order valence-corrected chi connectivity index (χ0v) is 12.1. The molecule has 0 aliphatic heterocycles. The molecule has 1 atom stereocenters. The fourth-order valence-electron chi connectivity index (χ4n) is 2.16. The molecule has 0 amide bonds. The molecule has 2 nitrogen and oxygen atoms in total. The average molecular weight is 273 g/mol. The van der Waals surface area contributed by atoms with Crippen LogP contribution in [0.25, 0.3) is 0 Å². The predicted molar refractivity (Wildman–Crippen MR) is 79.4 cm³/mol. The van der Waals surface area contributed by atoms with E-state index in [9.17, 15) is 4.39 Å². The second-order valence-electron chi connectivity index (χ2n) is 4.99. The van der Waals surface area contributed by atoms with Gasteiger partial charge in [0.2, 0.25) is 0 Å². The predicted octanol–water partition coefficient (Wildman–Crippen LogP) is 3.99. The Labute approximate surface area is 119 Å². The van der Waals surface area contributed by atoms with Gasteiger partial charge in [0.05, 0.1) is 7.11 Å². The van der Waals surface area contributed by atoms with Crippen LogP contribution in [0.2, 0.25) is 0 Å². The van der Waals surface area contributed by atoms with Crippen LogP contribution in [0.1, 0.15) is 29.7 Å². The molecule has 0 aromatic heterocycles. The number of nitrogens with one attached hydrogen (secondary N) is 1. The van der Waals surface area contributed by atoms with Gasteiger partial charge in [0.25, 0.3) is 0 Å². The van der Waals surface area contributed by atoms with Crippen molar-refractivity contribution in [3.05, 3.63) is 65.0 Å². The van der Waals surface area contributed by atoms with Crippen molar-refractivity contribution in [2.45, 2.75) is 26.4 Å². The maximum Gasteiger partial charge on any atom is 0.165 e. The molecule has 0 radical (unpaired) electrons. The first-order chi connectivity index (χ1) is 9.60. The molecule has 2 aromatic carbocycles. The van der Waals surface area contributed by atoms with Crippen molar-refractivity contribution < 1.29 is 9.13 Å². The zero-order valence-electron chi connectivity index (χ0n) is 12.1. The van der Waals surface area contributed by atoms with Crippen LogP contribution < -0.4 is 10.1 Å². The van der Waals surface area contributed by atoms with Gasteiger partial charge in [0.1, 0.15) is 0 Å². The van der Waals surface area contributed by atoms with Crippen LogP contribution in [-0.4, -0.2) is 7.11 Å². The van der Waals surface area contributed by atoms with E-state index in [2.05, 4.69) is 43.4 Å². The molecule has 1 N–H and O–H groups in total. The molecule has 0 bridgehead atoms. The first-order valence-electron chi connectivity index (χ1n) is 6.72. The third-order valence-corrected chi connectivity index (χ3v) is 3.37. The molecule has 3 heteroatoms. The van der Waals surface area contributed by atoms with E-state index in [4.69, 9.17) is 4.74 Å². The Hall–Kier alpha value is -1.87. The Balaban J connectivity index is 2.03. The third-order valence-electron chi connectivity index (χ3n) is 3.37. The Bertz CT molecular complexity index is 583. The lowest BCUT2D eigenvalue weighted by Gasteiger charge is -2.15. The van der Waals surface area contributed by atoms with Crippen LogP contribution in [0, 0.1) is 12.7 Å². The van der Waals surface area contributed by atoms with Gasteiger partial charge in [0, 0.05) is 12.6 Å². The molecule has 0 saturated carbocycles. The summed E-state index contributed by atoms with van der Waals surface area (Å²) in [7, 11) is 1.48. The number of benzene rings is 2. The van der Waals surface area contributed by atoms with E-state index < -0.39 is 0 Å². The highest BCUT2D eigenvalue weighted by atomic mass is 19.1. The minimum Gasteiger partial charge on any atom is -0.494 e. The summed E-state index contributed by atoms with van der Waals surface area (Å²) in [6, 6.07) is 13.5. The topological polar surface area (TPSA) is 21.3 Å². The largest absolute Gasteiger partial charge is 0.494 e. The van der Waals surface area contributed by atoms with Crippen LogP contribution >= 0.6 is 0 Å². The van der Waals surface area contributed by atoms with Crippen molar-refractivity contribution in [2.24, 2.45) is 0 Å². The van der Waals surface area contributed by atoms with Crippen molar-refractivity contribution in [3.63, 3.8) is 0 Å². The van der Waals surface area contributed by atoms with E-state index in [0.717, 1.165) is 12.1 Å². The third kappa shape index (κ3) is 3.58. The molecule has 2 rings (SSSR count). The van der Waals surface area contributed by atoms with E-state index >= 15 is 0 Å². The fraction of sp³-hybridized carbons (Fsp3) is 0.294. The zero-order chi connectivity index (χ0) is 14.5. The summed E-state index contributed by atoms with van der Waals surface area (Å²) >= 11 is 0. The van der Waals surface area contributed by atoms with E-state index in [-0.39, 0.29) is 17.6 Å². The Kier molecular flexibility index (Phi) is 4.74. The quantitative estimate of drug-likeness (QED) is 0.889. The summed E-state index contributed by atoms with van der Waals surface area (Å²) in [4.78, 5) is 0. The lowest BCUT2D eigenvalue weighted by atomic mass is 10.1. The van der Waals surface area contributed by atoms with Crippen LogP contribution in [0.4, 0.5) is 4.39 Å². The summed E-state index contributed by atoms with van der Waals surface area (Å²) in [5.74, 6) is -0.0474. The van der Waals surface area contributed by atoms with Crippen molar-refractivity contribution in [1.29, 1.82) is 0 Å². The second kappa shape index (κ2) is 6.53. The van der Waals surface area contributed by atoms with E-state index in [1.54, 1.807) is 12.1 Å². The highest BCUT2D eigenvalue weighted by molar-refractivity contribution is 5.32.